The molecule has 0 aliphatic heterocycles. The van der Waals surface area contributed by atoms with Gasteiger partial charge in [0.2, 0.25) is 0 Å². The van der Waals surface area contributed by atoms with E-state index < -0.39 is 11.7 Å². The van der Waals surface area contributed by atoms with Gasteiger partial charge in [0.15, 0.2) is 0 Å². The Kier molecular flexibility index (Phi) is 2.90. The first-order valence-corrected chi connectivity index (χ1v) is 5.20. The molecule has 94 valence electrons. The highest BCUT2D eigenvalue weighted by Gasteiger charge is 2.30. The van der Waals surface area contributed by atoms with E-state index in [0.717, 1.165) is 12.1 Å². The highest BCUT2D eigenvalue weighted by Crippen LogP contribution is 2.33. The lowest BCUT2D eigenvalue weighted by atomic mass is 10.0. The minimum atomic E-state index is -4.35. The molecular weight excluding hydrogens is 241 g/mol. The average Bonchev–Trinajstić information content (AvgIpc) is 2.32. The van der Waals surface area contributed by atoms with Crippen LogP contribution in [0.5, 0.6) is 0 Å². The summed E-state index contributed by atoms with van der Waals surface area (Å²) >= 11 is 0. The van der Waals surface area contributed by atoms with Crippen molar-refractivity contribution in [3.8, 4) is 11.1 Å². The molecule has 0 atom stereocenters. The normalized spacial score (nSPS) is 11.5. The highest BCUT2D eigenvalue weighted by molar-refractivity contribution is 5.74. The van der Waals surface area contributed by atoms with Crippen LogP contribution in [-0.2, 0) is 6.18 Å². The summed E-state index contributed by atoms with van der Waals surface area (Å²) in [5, 5.41) is 0. The molecule has 5 heteroatoms. The zero-order chi connectivity index (χ0) is 13.3. The van der Waals surface area contributed by atoms with Crippen LogP contribution in [0.4, 0.5) is 24.5 Å². The van der Waals surface area contributed by atoms with Crippen LogP contribution in [-0.4, -0.2) is 0 Å². The van der Waals surface area contributed by atoms with Gasteiger partial charge in [-0.1, -0.05) is 18.2 Å². The Morgan fingerprint density at radius 1 is 0.778 bits per heavy atom. The van der Waals surface area contributed by atoms with Crippen molar-refractivity contribution in [3.63, 3.8) is 0 Å². The van der Waals surface area contributed by atoms with Gasteiger partial charge < -0.3 is 11.5 Å². The van der Waals surface area contributed by atoms with Crippen LogP contribution in [0.15, 0.2) is 42.5 Å². The first-order chi connectivity index (χ1) is 8.38. The number of alkyl halides is 3. The van der Waals surface area contributed by atoms with Crippen LogP contribution in [0.1, 0.15) is 5.56 Å². The van der Waals surface area contributed by atoms with E-state index in [2.05, 4.69) is 0 Å². The van der Waals surface area contributed by atoms with E-state index in [0.29, 0.717) is 22.5 Å². The Hall–Kier alpha value is -2.17. The predicted octanol–water partition coefficient (Wildman–Crippen LogP) is 3.54. The number of nitrogen functional groups attached to an aromatic ring is 2. The SMILES string of the molecule is Nc1ccc(-c2cccc(C(F)(F)F)c2)cc1N. The van der Waals surface area contributed by atoms with Gasteiger partial charge in [-0.2, -0.15) is 13.2 Å². The van der Waals surface area contributed by atoms with Gasteiger partial charge in [0, 0.05) is 0 Å². The second-order valence-electron chi connectivity index (χ2n) is 3.92. The van der Waals surface area contributed by atoms with Crippen LogP contribution >= 0.6 is 0 Å². The zero-order valence-electron chi connectivity index (χ0n) is 9.33. The topological polar surface area (TPSA) is 52.0 Å². The smallest absolute Gasteiger partial charge is 0.397 e. The summed E-state index contributed by atoms with van der Waals surface area (Å²) in [6, 6.07) is 9.86. The molecule has 0 amide bonds. The van der Waals surface area contributed by atoms with Crippen molar-refractivity contribution in [3.05, 3.63) is 48.0 Å². The van der Waals surface area contributed by atoms with Crippen molar-refractivity contribution in [2.24, 2.45) is 0 Å². The molecule has 2 aromatic rings. The molecule has 0 unspecified atom stereocenters. The summed E-state index contributed by atoms with van der Waals surface area (Å²) in [5.41, 5.74) is 12.3. The minimum Gasteiger partial charge on any atom is -0.397 e. The maximum Gasteiger partial charge on any atom is 0.416 e. The van der Waals surface area contributed by atoms with Crippen LogP contribution < -0.4 is 11.5 Å². The molecule has 2 nitrogen and oxygen atoms in total. The number of halogens is 3. The molecule has 0 aliphatic rings. The molecule has 0 fully saturated rings. The minimum absolute atomic E-state index is 0.352. The van der Waals surface area contributed by atoms with Crippen molar-refractivity contribution in [2.45, 2.75) is 6.18 Å². The fourth-order valence-electron chi connectivity index (χ4n) is 1.63. The number of hydrogen-bond acceptors (Lipinski definition) is 2. The van der Waals surface area contributed by atoms with E-state index in [1.807, 2.05) is 0 Å². The Morgan fingerprint density at radius 3 is 2.06 bits per heavy atom. The molecule has 0 aliphatic carbocycles. The van der Waals surface area contributed by atoms with E-state index in [9.17, 15) is 13.2 Å². The lowest BCUT2D eigenvalue weighted by molar-refractivity contribution is -0.137. The van der Waals surface area contributed by atoms with Crippen molar-refractivity contribution in [2.75, 3.05) is 11.5 Å². The van der Waals surface area contributed by atoms with E-state index in [1.54, 1.807) is 24.3 Å². The molecular formula is C13H11F3N2. The monoisotopic (exact) mass is 252 g/mol. The number of benzene rings is 2. The predicted molar refractivity (Wildman–Crippen MR) is 65.7 cm³/mol. The van der Waals surface area contributed by atoms with Gasteiger partial charge in [-0.15, -0.1) is 0 Å². The number of nitrogens with two attached hydrogens (primary N) is 2. The quantitative estimate of drug-likeness (QED) is 0.763. The molecule has 0 saturated heterocycles. The van der Waals surface area contributed by atoms with E-state index in [1.165, 1.54) is 6.07 Å². The molecule has 2 aromatic carbocycles. The number of hydrogen-bond donors (Lipinski definition) is 2. The van der Waals surface area contributed by atoms with Gasteiger partial charge in [-0.25, -0.2) is 0 Å². The highest BCUT2D eigenvalue weighted by atomic mass is 19.4. The van der Waals surface area contributed by atoms with Gasteiger partial charge in [-0.05, 0) is 35.4 Å². The second kappa shape index (κ2) is 4.25. The summed E-state index contributed by atoms with van der Waals surface area (Å²) < 4.78 is 37.7. The summed E-state index contributed by atoms with van der Waals surface area (Å²) in [6.45, 7) is 0. The van der Waals surface area contributed by atoms with Crippen LogP contribution in [0.2, 0.25) is 0 Å². The molecule has 0 spiro atoms. The van der Waals surface area contributed by atoms with Crippen molar-refractivity contribution < 1.29 is 13.2 Å². The van der Waals surface area contributed by atoms with Gasteiger partial charge in [0.1, 0.15) is 0 Å². The Morgan fingerprint density at radius 2 is 1.44 bits per heavy atom. The molecule has 4 N–H and O–H groups in total. The first kappa shape index (κ1) is 12.3. The van der Waals surface area contributed by atoms with E-state index >= 15 is 0 Å². The number of rotatable bonds is 1. The van der Waals surface area contributed by atoms with Crippen LogP contribution in [0.3, 0.4) is 0 Å². The third-order valence-corrected chi connectivity index (χ3v) is 2.61. The average molecular weight is 252 g/mol. The molecule has 0 bridgehead atoms. The standard InChI is InChI=1S/C13H11F3N2/c14-13(15,16)10-3-1-2-8(6-10)9-4-5-11(17)12(18)7-9/h1-7H,17-18H2. The summed E-state index contributed by atoms with van der Waals surface area (Å²) in [6.07, 6.45) is -4.35. The fourth-order valence-corrected chi connectivity index (χ4v) is 1.63. The third-order valence-electron chi connectivity index (χ3n) is 2.61. The van der Waals surface area contributed by atoms with Crippen LogP contribution in [0.25, 0.3) is 11.1 Å². The molecule has 0 aromatic heterocycles. The van der Waals surface area contributed by atoms with Gasteiger partial charge in [0.25, 0.3) is 0 Å². The molecule has 0 saturated carbocycles. The fraction of sp³-hybridized carbons (Fsp3) is 0.0769. The molecule has 0 heterocycles. The zero-order valence-corrected chi connectivity index (χ0v) is 9.33. The lowest BCUT2D eigenvalue weighted by Crippen LogP contribution is -2.04. The first-order valence-electron chi connectivity index (χ1n) is 5.20. The van der Waals surface area contributed by atoms with Crippen LogP contribution in [0, 0.1) is 0 Å². The Labute approximate surface area is 102 Å². The molecule has 0 radical (unpaired) electrons. The van der Waals surface area contributed by atoms with E-state index in [-0.39, 0.29) is 0 Å². The Bertz CT molecular complexity index is 577. The second-order valence-corrected chi connectivity index (χ2v) is 3.92. The summed E-state index contributed by atoms with van der Waals surface area (Å²) in [7, 11) is 0. The lowest BCUT2D eigenvalue weighted by Gasteiger charge is -2.09. The molecule has 2 rings (SSSR count). The maximum absolute atomic E-state index is 12.6. The van der Waals surface area contributed by atoms with Crippen molar-refractivity contribution >= 4 is 11.4 Å². The third kappa shape index (κ3) is 2.40. The van der Waals surface area contributed by atoms with Gasteiger partial charge >= 0.3 is 6.18 Å². The van der Waals surface area contributed by atoms with E-state index in [4.69, 9.17) is 11.5 Å². The maximum atomic E-state index is 12.6. The Balaban J connectivity index is 2.48. The summed E-state index contributed by atoms with van der Waals surface area (Å²) in [5.74, 6) is 0. The van der Waals surface area contributed by atoms with Gasteiger partial charge in [-0.3, -0.25) is 0 Å². The molecule has 18 heavy (non-hydrogen) atoms. The van der Waals surface area contributed by atoms with Crippen molar-refractivity contribution in [1.82, 2.24) is 0 Å². The summed E-state index contributed by atoms with van der Waals surface area (Å²) in [4.78, 5) is 0. The number of anilines is 2. The largest absolute Gasteiger partial charge is 0.416 e. The van der Waals surface area contributed by atoms with Crippen molar-refractivity contribution in [1.29, 1.82) is 0 Å². The van der Waals surface area contributed by atoms with Gasteiger partial charge in [0.05, 0.1) is 16.9 Å².